The normalized spacial score (nSPS) is 11.5. The van der Waals surface area contributed by atoms with E-state index >= 15 is 0 Å². The van der Waals surface area contributed by atoms with Gasteiger partial charge in [-0.05, 0) is 32.7 Å². The van der Waals surface area contributed by atoms with E-state index in [0.29, 0.717) is 0 Å². The molecule has 1 rings (SSSR count). The third kappa shape index (κ3) is 1.82. The minimum atomic E-state index is -0.197. The fourth-order valence-electron chi connectivity index (χ4n) is 0.721. The number of nitrogens with zero attached hydrogens (tertiary/aromatic N) is 1. The van der Waals surface area contributed by atoms with Crippen LogP contribution in [0.4, 0.5) is 0 Å². The van der Waals surface area contributed by atoms with Gasteiger partial charge in [-0.2, -0.15) is 0 Å². The standard InChI is InChI=1S/C8H10ClNS/c1-8(2,10-3)6-4-5-7(9)11-6/h4-5H,3H2,1-2H3. The van der Waals surface area contributed by atoms with E-state index in [1.54, 1.807) is 11.3 Å². The Balaban J connectivity index is 3.01. The molecule has 0 N–H and O–H groups in total. The van der Waals surface area contributed by atoms with Crippen molar-refractivity contribution in [3.8, 4) is 0 Å². The Morgan fingerprint density at radius 2 is 2.18 bits per heavy atom. The van der Waals surface area contributed by atoms with Gasteiger partial charge in [0.1, 0.15) is 0 Å². The third-order valence-corrected chi connectivity index (χ3v) is 3.12. The molecule has 11 heavy (non-hydrogen) atoms. The number of halogens is 1. The lowest BCUT2D eigenvalue weighted by atomic mass is 10.1. The van der Waals surface area contributed by atoms with E-state index in [2.05, 4.69) is 11.7 Å². The number of aliphatic imine (C=N–C) groups is 1. The molecule has 0 aromatic carbocycles. The Morgan fingerprint density at radius 1 is 1.55 bits per heavy atom. The van der Waals surface area contributed by atoms with Crippen molar-refractivity contribution in [2.45, 2.75) is 19.4 Å². The third-order valence-electron chi connectivity index (χ3n) is 1.57. The minimum absolute atomic E-state index is 0.197. The summed E-state index contributed by atoms with van der Waals surface area (Å²) in [6.45, 7) is 7.56. The average molecular weight is 188 g/mol. The van der Waals surface area contributed by atoms with Crippen molar-refractivity contribution < 1.29 is 0 Å². The first kappa shape index (κ1) is 8.75. The maximum absolute atomic E-state index is 5.78. The molecule has 0 amide bonds. The second-order valence-corrected chi connectivity index (χ2v) is 4.54. The topological polar surface area (TPSA) is 12.4 Å². The summed E-state index contributed by atoms with van der Waals surface area (Å²) in [5.74, 6) is 0. The molecule has 0 unspecified atom stereocenters. The molecule has 1 aromatic heterocycles. The number of hydrogen-bond acceptors (Lipinski definition) is 2. The van der Waals surface area contributed by atoms with Crippen LogP contribution in [0.3, 0.4) is 0 Å². The summed E-state index contributed by atoms with van der Waals surface area (Å²) in [7, 11) is 0. The van der Waals surface area contributed by atoms with Crippen molar-refractivity contribution in [3.05, 3.63) is 21.3 Å². The molecule has 60 valence electrons. The van der Waals surface area contributed by atoms with Crippen LogP contribution < -0.4 is 0 Å². The van der Waals surface area contributed by atoms with Crippen molar-refractivity contribution in [1.29, 1.82) is 0 Å². The van der Waals surface area contributed by atoms with Crippen LogP contribution >= 0.6 is 22.9 Å². The van der Waals surface area contributed by atoms with Gasteiger partial charge < -0.3 is 0 Å². The highest BCUT2D eigenvalue weighted by molar-refractivity contribution is 7.16. The van der Waals surface area contributed by atoms with Gasteiger partial charge in [-0.3, -0.25) is 4.99 Å². The van der Waals surface area contributed by atoms with E-state index in [1.165, 1.54) is 0 Å². The van der Waals surface area contributed by atoms with Crippen molar-refractivity contribution >= 4 is 29.7 Å². The monoisotopic (exact) mass is 187 g/mol. The second-order valence-electron chi connectivity index (χ2n) is 2.82. The van der Waals surface area contributed by atoms with Crippen molar-refractivity contribution in [3.63, 3.8) is 0 Å². The van der Waals surface area contributed by atoms with Gasteiger partial charge in [0.15, 0.2) is 0 Å². The number of rotatable bonds is 2. The zero-order valence-electron chi connectivity index (χ0n) is 6.60. The highest BCUT2D eigenvalue weighted by atomic mass is 35.5. The SMILES string of the molecule is C=NC(C)(C)c1ccc(Cl)s1. The average Bonchev–Trinajstić information content (AvgIpc) is 2.36. The number of thiophene rings is 1. The van der Waals surface area contributed by atoms with Crippen LogP contribution in [0.1, 0.15) is 18.7 Å². The summed E-state index contributed by atoms with van der Waals surface area (Å²) < 4.78 is 0.803. The van der Waals surface area contributed by atoms with Crippen molar-refractivity contribution in [2.24, 2.45) is 4.99 Å². The van der Waals surface area contributed by atoms with Crippen LogP contribution in [0.25, 0.3) is 0 Å². The molecule has 0 aliphatic heterocycles. The van der Waals surface area contributed by atoms with Crippen molar-refractivity contribution in [1.82, 2.24) is 0 Å². The molecule has 0 fully saturated rings. The lowest BCUT2D eigenvalue weighted by Gasteiger charge is -2.15. The Morgan fingerprint density at radius 3 is 2.55 bits per heavy atom. The van der Waals surface area contributed by atoms with Crippen LogP contribution in [-0.2, 0) is 5.54 Å². The van der Waals surface area contributed by atoms with E-state index in [4.69, 9.17) is 11.6 Å². The summed E-state index contributed by atoms with van der Waals surface area (Å²) in [6.07, 6.45) is 0. The van der Waals surface area contributed by atoms with Gasteiger partial charge >= 0.3 is 0 Å². The van der Waals surface area contributed by atoms with E-state index < -0.39 is 0 Å². The second kappa shape index (κ2) is 2.95. The molecule has 0 spiro atoms. The first-order chi connectivity index (χ1) is 5.06. The van der Waals surface area contributed by atoms with Crippen LogP contribution in [-0.4, -0.2) is 6.72 Å². The molecule has 3 heteroatoms. The van der Waals surface area contributed by atoms with E-state index in [1.807, 2.05) is 26.0 Å². The molecule has 0 saturated heterocycles. The van der Waals surface area contributed by atoms with Crippen LogP contribution in [0.2, 0.25) is 4.34 Å². The smallest absolute Gasteiger partial charge is 0.0932 e. The highest BCUT2D eigenvalue weighted by Crippen LogP contribution is 2.32. The predicted octanol–water partition coefficient (Wildman–Crippen LogP) is 3.34. The zero-order chi connectivity index (χ0) is 8.48. The van der Waals surface area contributed by atoms with Crippen molar-refractivity contribution in [2.75, 3.05) is 0 Å². The lowest BCUT2D eigenvalue weighted by Crippen LogP contribution is -2.10. The Bertz CT molecular complexity index is 265. The fraction of sp³-hybridized carbons (Fsp3) is 0.375. The predicted molar refractivity (Wildman–Crippen MR) is 51.9 cm³/mol. The maximum Gasteiger partial charge on any atom is 0.0932 e. The minimum Gasteiger partial charge on any atom is -0.289 e. The first-order valence-electron chi connectivity index (χ1n) is 3.30. The molecule has 1 heterocycles. The summed E-state index contributed by atoms with van der Waals surface area (Å²) in [6, 6.07) is 3.87. The summed E-state index contributed by atoms with van der Waals surface area (Å²) in [4.78, 5) is 5.16. The van der Waals surface area contributed by atoms with Crippen LogP contribution in [0.5, 0.6) is 0 Å². The Hall–Kier alpha value is -0.340. The highest BCUT2D eigenvalue weighted by Gasteiger charge is 2.19. The fourth-order valence-corrected chi connectivity index (χ4v) is 1.83. The van der Waals surface area contributed by atoms with Gasteiger partial charge in [0.25, 0.3) is 0 Å². The molecule has 0 aliphatic rings. The molecule has 0 radical (unpaired) electrons. The molecule has 1 aromatic rings. The first-order valence-corrected chi connectivity index (χ1v) is 4.49. The molecular formula is C8H10ClNS. The van der Waals surface area contributed by atoms with Gasteiger partial charge in [0.05, 0.1) is 9.88 Å². The van der Waals surface area contributed by atoms with Gasteiger partial charge in [-0.15, -0.1) is 11.3 Å². The summed E-state index contributed by atoms with van der Waals surface area (Å²) >= 11 is 7.33. The molecule has 0 atom stereocenters. The zero-order valence-corrected chi connectivity index (χ0v) is 8.17. The van der Waals surface area contributed by atoms with Gasteiger partial charge in [0, 0.05) is 4.88 Å². The maximum atomic E-state index is 5.78. The van der Waals surface area contributed by atoms with Gasteiger partial charge in [-0.1, -0.05) is 11.6 Å². The summed E-state index contributed by atoms with van der Waals surface area (Å²) in [5.41, 5.74) is -0.197. The molecule has 0 bridgehead atoms. The van der Waals surface area contributed by atoms with E-state index in [-0.39, 0.29) is 5.54 Å². The van der Waals surface area contributed by atoms with Crippen LogP contribution in [0, 0.1) is 0 Å². The number of hydrogen-bond donors (Lipinski definition) is 0. The quantitative estimate of drug-likeness (QED) is 0.630. The van der Waals surface area contributed by atoms with Crippen LogP contribution in [0.15, 0.2) is 17.1 Å². The Kier molecular flexibility index (Phi) is 2.35. The van der Waals surface area contributed by atoms with E-state index in [0.717, 1.165) is 9.21 Å². The summed E-state index contributed by atoms with van der Waals surface area (Å²) in [5, 5.41) is 0. The molecule has 1 nitrogen and oxygen atoms in total. The Labute approximate surface area is 75.7 Å². The van der Waals surface area contributed by atoms with Gasteiger partial charge in [-0.25, -0.2) is 0 Å². The van der Waals surface area contributed by atoms with E-state index in [9.17, 15) is 0 Å². The van der Waals surface area contributed by atoms with Gasteiger partial charge in [0.2, 0.25) is 0 Å². The largest absolute Gasteiger partial charge is 0.289 e. The molecular weight excluding hydrogens is 178 g/mol. The lowest BCUT2D eigenvalue weighted by molar-refractivity contribution is 0.576. The molecule has 0 aliphatic carbocycles. The molecule has 0 saturated carbocycles.